The fourth-order valence-electron chi connectivity index (χ4n) is 3.13. The molecule has 22 heavy (non-hydrogen) atoms. The largest absolute Gasteiger partial charge is 0.444 e. The molecular weight excluding hydrogens is 282 g/mol. The van der Waals surface area contributed by atoms with Gasteiger partial charge in [-0.3, -0.25) is 9.69 Å². The minimum absolute atomic E-state index is 0.0156. The highest BCUT2D eigenvalue weighted by Gasteiger charge is 2.39. The van der Waals surface area contributed by atoms with Crippen LogP contribution in [0.2, 0.25) is 0 Å². The molecule has 0 aromatic carbocycles. The third-order valence-corrected chi connectivity index (χ3v) is 4.32. The predicted octanol–water partition coefficient (Wildman–Crippen LogP) is 1.66. The number of hydrogen-bond acceptors (Lipinski definition) is 4. The molecule has 2 saturated heterocycles. The van der Waals surface area contributed by atoms with Crippen LogP contribution >= 0.6 is 0 Å². The van der Waals surface area contributed by atoms with Crippen LogP contribution in [0.1, 0.15) is 40.5 Å². The Kier molecular flexibility index (Phi) is 5.32. The zero-order valence-electron chi connectivity index (χ0n) is 14.2. The van der Waals surface area contributed by atoms with Crippen molar-refractivity contribution in [2.75, 3.05) is 32.8 Å². The van der Waals surface area contributed by atoms with E-state index in [1.807, 2.05) is 20.8 Å². The second kappa shape index (κ2) is 6.86. The molecule has 0 bridgehead atoms. The summed E-state index contributed by atoms with van der Waals surface area (Å²) >= 11 is 0. The van der Waals surface area contributed by atoms with E-state index in [9.17, 15) is 9.59 Å². The Bertz CT molecular complexity index is 413. The molecule has 1 N–H and O–H groups in total. The summed E-state index contributed by atoms with van der Waals surface area (Å²) in [5.74, 6) is 1.19. The summed E-state index contributed by atoms with van der Waals surface area (Å²) in [6.07, 6.45) is 2.17. The summed E-state index contributed by atoms with van der Waals surface area (Å²) < 4.78 is 5.39. The van der Waals surface area contributed by atoms with Crippen LogP contribution in [0.5, 0.6) is 0 Å². The van der Waals surface area contributed by atoms with Crippen LogP contribution < -0.4 is 5.32 Å². The summed E-state index contributed by atoms with van der Waals surface area (Å²) in [6, 6.07) is 0. The number of nitrogens with one attached hydrogen (secondary N) is 1. The minimum Gasteiger partial charge on any atom is -0.444 e. The topological polar surface area (TPSA) is 61.9 Å². The number of carbonyl (C=O) groups excluding carboxylic acids is 2. The number of amides is 2. The first-order valence-corrected chi connectivity index (χ1v) is 8.19. The maximum absolute atomic E-state index is 12.0. The van der Waals surface area contributed by atoms with Crippen LogP contribution in [0.15, 0.2) is 0 Å². The molecule has 1 atom stereocenters. The van der Waals surface area contributed by atoms with Crippen LogP contribution in [-0.2, 0) is 9.53 Å². The fraction of sp³-hybridized carbons (Fsp3) is 0.875. The van der Waals surface area contributed by atoms with Gasteiger partial charge in [0.25, 0.3) is 0 Å². The zero-order chi connectivity index (χ0) is 16.3. The normalized spacial score (nSPS) is 23.8. The van der Waals surface area contributed by atoms with E-state index in [1.54, 1.807) is 11.8 Å². The van der Waals surface area contributed by atoms with Gasteiger partial charge in [0.2, 0.25) is 5.91 Å². The molecule has 126 valence electrons. The average Bonchev–Trinajstić information content (AvgIpc) is 2.33. The van der Waals surface area contributed by atoms with Gasteiger partial charge in [0, 0.05) is 26.6 Å². The van der Waals surface area contributed by atoms with Crippen molar-refractivity contribution < 1.29 is 14.3 Å². The lowest BCUT2D eigenvalue weighted by Gasteiger charge is -2.46. The molecule has 2 rings (SSSR count). The van der Waals surface area contributed by atoms with Gasteiger partial charge in [-0.1, -0.05) is 0 Å². The van der Waals surface area contributed by atoms with Crippen molar-refractivity contribution in [3.05, 3.63) is 0 Å². The van der Waals surface area contributed by atoms with E-state index in [1.165, 1.54) is 6.42 Å². The van der Waals surface area contributed by atoms with Gasteiger partial charge in [-0.25, -0.2) is 4.79 Å². The summed E-state index contributed by atoms with van der Waals surface area (Å²) in [5, 5.41) is 2.87. The second-order valence-electron chi connectivity index (χ2n) is 7.52. The number of nitrogens with zero attached hydrogens (tertiary/aromatic N) is 2. The van der Waals surface area contributed by atoms with Crippen LogP contribution in [0.4, 0.5) is 4.79 Å². The number of hydrogen-bond donors (Lipinski definition) is 1. The van der Waals surface area contributed by atoms with Gasteiger partial charge in [0.15, 0.2) is 0 Å². The number of likely N-dealkylation sites (tertiary alicyclic amines) is 2. The Labute approximate surface area is 133 Å². The molecule has 6 heteroatoms. The smallest absolute Gasteiger partial charge is 0.410 e. The van der Waals surface area contributed by atoms with E-state index in [-0.39, 0.29) is 12.0 Å². The standard InChI is InChI=1S/C16H29N3O3/c1-12(20)17-11-18-7-5-6-13(8-18)14-9-19(10-14)15(21)22-16(2,3)4/h13-14H,5-11H2,1-4H3,(H,17,20). The third kappa shape index (κ3) is 4.87. The van der Waals surface area contributed by atoms with Crippen molar-refractivity contribution in [2.45, 2.75) is 46.1 Å². The molecule has 2 aliphatic heterocycles. The summed E-state index contributed by atoms with van der Waals surface area (Å²) in [4.78, 5) is 27.1. The number of rotatable bonds is 3. The molecular formula is C16H29N3O3. The molecule has 1 unspecified atom stereocenters. The lowest BCUT2D eigenvalue weighted by molar-refractivity contribution is -0.119. The molecule has 2 fully saturated rings. The number of carbonyl (C=O) groups is 2. The minimum atomic E-state index is -0.428. The molecule has 0 aliphatic carbocycles. The van der Waals surface area contributed by atoms with Gasteiger partial charge in [0.05, 0.1) is 6.67 Å². The number of ether oxygens (including phenoxy) is 1. The average molecular weight is 311 g/mol. The van der Waals surface area contributed by atoms with E-state index in [4.69, 9.17) is 4.74 Å². The highest BCUT2D eigenvalue weighted by atomic mass is 16.6. The van der Waals surface area contributed by atoms with Crippen molar-refractivity contribution in [3.8, 4) is 0 Å². The van der Waals surface area contributed by atoms with Crippen molar-refractivity contribution >= 4 is 12.0 Å². The van der Waals surface area contributed by atoms with E-state index in [0.717, 1.165) is 32.6 Å². The maximum Gasteiger partial charge on any atom is 0.410 e. The molecule has 2 amide bonds. The van der Waals surface area contributed by atoms with Crippen LogP contribution in [0.3, 0.4) is 0 Å². The Morgan fingerprint density at radius 2 is 1.86 bits per heavy atom. The van der Waals surface area contributed by atoms with Crippen molar-refractivity contribution in [1.82, 2.24) is 15.1 Å². The van der Waals surface area contributed by atoms with Crippen LogP contribution in [0.25, 0.3) is 0 Å². The van der Waals surface area contributed by atoms with E-state index in [2.05, 4.69) is 10.2 Å². The third-order valence-electron chi connectivity index (χ3n) is 4.32. The van der Waals surface area contributed by atoms with Gasteiger partial charge in [-0.15, -0.1) is 0 Å². The molecule has 0 spiro atoms. The van der Waals surface area contributed by atoms with Crippen molar-refractivity contribution in [1.29, 1.82) is 0 Å². The highest BCUT2D eigenvalue weighted by molar-refractivity contribution is 5.72. The predicted molar refractivity (Wildman–Crippen MR) is 84.3 cm³/mol. The van der Waals surface area contributed by atoms with Gasteiger partial charge in [-0.05, 0) is 52.0 Å². The molecule has 0 radical (unpaired) electrons. The SMILES string of the molecule is CC(=O)NCN1CCCC(C2CN(C(=O)OC(C)(C)C)C2)C1. The van der Waals surface area contributed by atoms with Gasteiger partial charge in [-0.2, -0.15) is 0 Å². The Morgan fingerprint density at radius 1 is 1.18 bits per heavy atom. The lowest BCUT2D eigenvalue weighted by Crippen LogP contribution is -2.56. The zero-order valence-corrected chi connectivity index (χ0v) is 14.2. The maximum atomic E-state index is 12.0. The first-order valence-electron chi connectivity index (χ1n) is 8.19. The molecule has 2 aliphatic rings. The number of piperidine rings is 1. The molecule has 6 nitrogen and oxygen atoms in total. The second-order valence-corrected chi connectivity index (χ2v) is 7.52. The first-order chi connectivity index (χ1) is 10.2. The lowest BCUT2D eigenvalue weighted by atomic mass is 9.81. The van der Waals surface area contributed by atoms with Crippen molar-refractivity contribution in [2.24, 2.45) is 11.8 Å². The first kappa shape index (κ1) is 17.1. The van der Waals surface area contributed by atoms with E-state index in [0.29, 0.717) is 18.5 Å². The molecule has 2 heterocycles. The van der Waals surface area contributed by atoms with Gasteiger partial charge in [0.1, 0.15) is 5.60 Å². The molecule has 0 aromatic heterocycles. The van der Waals surface area contributed by atoms with Crippen molar-refractivity contribution in [3.63, 3.8) is 0 Å². The van der Waals surface area contributed by atoms with E-state index < -0.39 is 5.60 Å². The van der Waals surface area contributed by atoms with Crippen LogP contribution in [0, 0.1) is 11.8 Å². The molecule has 0 saturated carbocycles. The summed E-state index contributed by atoms with van der Waals surface area (Å²) in [6.45, 7) is 11.5. The monoisotopic (exact) mass is 311 g/mol. The quantitative estimate of drug-likeness (QED) is 0.861. The summed E-state index contributed by atoms with van der Waals surface area (Å²) in [7, 11) is 0. The van der Waals surface area contributed by atoms with Gasteiger partial charge < -0.3 is 15.0 Å². The van der Waals surface area contributed by atoms with Gasteiger partial charge >= 0.3 is 6.09 Å². The summed E-state index contributed by atoms with van der Waals surface area (Å²) in [5.41, 5.74) is -0.428. The van der Waals surface area contributed by atoms with E-state index >= 15 is 0 Å². The fourth-order valence-corrected chi connectivity index (χ4v) is 3.13. The van der Waals surface area contributed by atoms with Crippen LogP contribution in [-0.4, -0.2) is 60.2 Å². The highest BCUT2D eigenvalue weighted by Crippen LogP contribution is 2.31. The Morgan fingerprint density at radius 3 is 2.45 bits per heavy atom. The Balaban J connectivity index is 1.73. The Hall–Kier alpha value is -1.30. The molecule has 0 aromatic rings.